The SMILES string of the molecule is Cc1ccc(S(=O)(=O)N=S(C)(=O)Oc2ccc(Br)cc2)cc1. The first kappa shape index (κ1) is 17.0. The van der Waals surface area contributed by atoms with Gasteiger partial charge in [0.25, 0.3) is 10.0 Å². The number of halogens is 1. The Morgan fingerprint density at radius 1 is 0.955 bits per heavy atom. The van der Waals surface area contributed by atoms with E-state index in [0.717, 1.165) is 16.3 Å². The van der Waals surface area contributed by atoms with Gasteiger partial charge in [0.15, 0.2) is 0 Å². The van der Waals surface area contributed by atoms with Crippen LogP contribution in [0.25, 0.3) is 0 Å². The molecule has 0 amide bonds. The summed E-state index contributed by atoms with van der Waals surface area (Å²) in [7, 11) is -7.44. The van der Waals surface area contributed by atoms with Gasteiger partial charge < -0.3 is 4.18 Å². The van der Waals surface area contributed by atoms with Gasteiger partial charge in [0, 0.05) is 4.47 Å². The first-order valence-corrected chi connectivity index (χ1v) is 10.3. The topological polar surface area (TPSA) is 72.8 Å². The van der Waals surface area contributed by atoms with Crippen LogP contribution in [0.3, 0.4) is 0 Å². The molecule has 0 saturated carbocycles. The van der Waals surface area contributed by atoms with Gasteiger partial charge in [0.1, 0.15) is 5.75 Å². The van der Waals surface area contributed by atoms with Crippen molar-refractivity contribution < 1.29 is 16.8 Å². The second kappa shape index (κ2) is 6.39. The van der Waals surface area contributed by atoms with Crippen LogP contribution in [0.5, 0.6) is 5.75 Å². The predicted molar refractivity (Wildman–Crippen MR) is 89.6 cm³/mol. The molecule has 0 N–H and O–H groups in total. The van der Waals surface area contributed by atoms with Crippen molar-refractivity contribution in [2.24, 2.45) is 3.77 Å². The number of benzene rings is 2. The number of rotatable bonds is 4. The number of nitrogens with zero attached hydrogens (tertiary/aromatic N) is 1. The van der Waals surface area contributed by atoms with Gasteiger partial charge in [-0.3, -0.25) is 0 Å². The monoisotopic (exact) mass is 403 g/mol. The fraction of sp³-hybridized carbons (Fsp3) is 0.143. The lowest BCUT2D eigenvalue weighted by atomic mass is 10.2. The highest BCUT2D eigenvalue weighted by molar-refractivity contribution is 9.10. The quantitative estimate of drug-likeness (QED) is 0.782. The third-order valence-electron chi connectivity index (χ3n) is 2.62. The molecule has 1 unspecified atom stereocenters. The maximum absolute atomic E-state index is 12.3. The van der Waals surface area contributed by atoms with Gasteiger partial charge in [-0.05, 0) is 43.3 Å². The predicted octanol–water partition coefficient (Wildman–Crippen LogP) is 3.54. The summed E-state index contributed by atoms with van der Waals surface area (Å²) in [5, 5.41) is 0. The van der Waals surface area contributed by atoms with Crippen LogP contribution in [0.15, 0.2) is 61.7 Å². The van der Waals surface area contributed by atoms with E-state index < -0.39 is 20.0 Å². The summed E-state index contributed by atoms with van der Waals surface area (Å²) in [5.74, 6) is 0.276. The number of hydrogen-bond donors (Lipinski definition) is 0. The molecule has 0 fully saturated rings. The molecule has 0 radical (unpaired) electrons. The summed E-state index contributed by atoms with van der Waals surface area (Å²) in [5.41, 5.74) is 0.919. The molecule has 0 heterocycles. The van der Waals surface area contributed by atoms with E-state index in [0.29, 0.717) is 0 Å². The van der Waals surface area contributed by atoms with Gasteiger partial charge in [-0.2, -0.15) is 8.42 Å². The minimum atomic E-state index is -4.05. The highest BCUT2D eigenvalue weighted by Gasteiger charge is 2.17. The molecule has 0 saturated heterocycles. The highest BCUT2D eigenvalue weighted by atomic mass is 79.9. The molecule has 0 aliphatic carbocycles. The molecule has 0 aromatic heterocycles. The highest BCUT2D eigenvalue weighted by Crippen LogP contribution is 2.20. The van der Waals surface area contributed by atoms with E-state index in [9.17, 15) is 12.6 Å². The summed E-state index contributed by atoms with van der Waals surface area (Å²) < 4.78 is 46.1. The maximum atomic E-state index is 12.3. The molecule has 118 valence electrons. The number of aryl methyl sites for hydroxylation is 1. The Bertz CT molecular complexity index is 881. The lowest BCUT2D eigenvalue weighted by Crippen LogP contribution is -2.10. The second-order valence-electron chi connectivity index (χ2n) is 4.63. The zero-order valence-corrected chi connectivity index (χ0v) is 15.1. The molecule has 0 aliphatic rings. The molecule has 1 atom stereocenters. The molecular formula is C14H14BrNO4S2. The molecule has 2 aromatic rings. The van der Waals surface area contributed by atoms with Gasteiger partial charge in [-0.1, -0.05) is 37.4 Å². The fourth-order valence-electron chi connectivity index (χ4n) is 1.62. The molecule has 8 heteroatoms. The summed E-state index contributed by atoms with van der Waals surface area (Å²) in [6.07, 6.45) is 1.14. The molecule has 0 spiro atoms. The van der Waals surface area contributed by atoms with Crippen molar-refractivity contribution in [1.29, 1.82) is 0 Å². The Kier molecular flexibility index (Phi) is 4.93. The van der Waals surface area contributed by atoms with Crippen molar-refractivity contribution >= 4 is 36.0 Å². The molecule has 0 aliphatic heterocycles. The summed E-state index contributed by atoms with van der Waals surface area (Å²) in [6, 6.07) is 12.7. The minimum absolute atomic E-state index is 0.0212. The van der Waals surface area contributed by atoms with E-state index in [-0.39, 0.29) is 10.6 Å². The van der Waals surface area contributed by atoms with E-state index in [1.807, 2.05) is 6.92 Å². The van der Waals surface area contributed by atoms with E-state index in [1.54, 1.807) is 36.4 Å². The largest absolute Gasteiger partial charge is 0.395 e. The summed E-state index contributed by atoms with van der Waals surface area (Å²) in [4.78, 5) is -0.0212. The Morgan fingerprint density at radius 3 is 2.05 bits per heavy atom. The smallest absolute Gasteiger partial charge is 0.292 e. The van der Waals surface area contributed by atoms with Crippen molar-refractivity contribution in [1.82, 2.24) is 0 Å². The standard InChI is InChI=1S/C14H14BrNO4S2/c1-11-3-9-14(10-4-11)22(18,19)16-21(2,17)20-13-7-5-12(15)6-8-13/h3-10H,1-2H3. The van der Waals surface area contributed by atoms with Crippen LogP contribution in [-0.2, 0) is 20.0 Å². The summed E-state index contributed by atoms with van der Waals surface area (Å²) >= 11 is 3.26. The van der Waals surface area contributed by atoms with Crippen LogP contribution in [0.1, 0.15) is 5.56 Å². The van der Waals surface area contributed by atoms with Crippen LogP contribution < -0.4 is 4.18 Å². The zero-order valence-electron chi connectivity index (χ0n) is 11.9. The first-order chi connectivity index (χ1) is 10.2. The lowest BCUT2D eigenvalue weighted by Gasteiger charge is -2.07. The Hall–Kier alpha value is -1.38. The van der Waals surface area contributed by atoms with Crippen molar-refractivity contribution in [3.8, 4) is 5.75 Å². The third-order valence-corrected chi connectivity index (χ3v) is 6.38. The van der Waals surface area contributed by atoms with Crippen molar-refractivity contribution in [3.05, 3.63) is 58.6 Å². The number of hydrogen-bond acceptors (Lipinski definition) is 4. The van der Waals surface area contributed by atoms with Crippen molar-refractivity contribution in [2.75, 3.05) is 6.26 Å². The lowest BCUT2D eigenvalue weighted by molar-refractivity contribution is 0.555. The Balaban J connectivity index is 2.34. The van der Waals surface area contributed by atoms with Gasteiger partial charge in [-0.25, -0.2) is 4.21 Å². The van der Waals surface area contributed by atoms with Crippen LogP contribution in [0.2, 0.25) is 0 Å². The number of sulfonamides is 1. The van der Waals surface area contributed by atoms with Crippen LogP contribution in [0.4, 0.5) is 0 Å². The fourth-order valence-corrected chi connectivity index (χ4v) is 4.72. The van der Waals surface area contributed by atoms with Gasteiger partial charge in [-0.15, -0.1) is 0 Å². The molecule has 5 nitrogen and oxygen atoms in total. The van der Waals surface area contributed by atoms with E-state index in [1.165, 1.54) is 12.1 Å². The van der Waals surface area contributed by atoms with Gasteiger partial charge >= 0.3 is 0 Å². The molecule has 2 aromatic carbocycles. The van der Waals surface area contributed by atoms with Crippen molar-refractivity contribution in [2.45, 2.75) is 11.8 Å². The summed E-state index contributed by atoms with van der Waals surface area (Å²) in [6.45, 7) is 1.84. The molecule has 22 heavy (non-hydrogen) atoms. The van der Waals surface area contributed by atoms with E-state index in [2.05, 4.69) is 19.7 Å². The van der Waals surface area contributed by atoms with E-state index in [4.69, 9.17) is 4.18 Å². The normalized spacial score (nSPS) is 14.1. The van der Waals surface area contributed by atoms with Crippen LogP contribution in [0, 0.1) is 6.92 Å². The first-order valence-electron chi connectivity index (χ1n) is 6.18. The Labute approximate surface area is 138 Å². The maximum Gasteiger partial charge on any atom is 0.292 e. The van der Waals surface area contributed by atoms with Crippen molar-refractivity contribution in [3.63, 3.8) is 0 Å². The zero-order chi connectivity index (χ0) is 16.4. The van der Waals surface area contributed by atoms with Gasteiger partial charge in [0.2, 0.25) is 10.0 Å². The average molecular weight is 404 g/mol. The molecular weight excluding hydrogens is 390 g/mol. The average Bonchev–Trinajstić information content (AvgIpc) is 2.40. The third kappa shape index (κ3) is 4.56. The van der Waals surface area contributed by atoms with Crippen LogP contribution in [-0.4, -0.2) is 18.9 Å². The molecule has 0 bridgehead atoms. The van der Waals surface area contributed by atoms with Crippen LogP contribution >= 0.6 is 15.9 Å². The minimum Gasteiger partial charge on any atom is -0.395 e. The second-order valence-corrected chi connectivity index (χ2v) is 9.20. The molecule has 2 rings (SSSR count). The van der Waals surface area contributed by atoms with Gasteiger partial charge in [0.05, 0.1) is 11.2 Å². The van der Waals surface area contributed by atoms with E-state index >= 15 is 0 Å². The Morgan fingerprint density at radius 2 is 1.50 bits per heavy atom.